The highest BCUT2D eigenvalue weighted by atomic mass is 16.2. The van der Waals surface area contributed by atoms with Crippen LogP contribution in [0.3, 0.4) is 0 Å². The maximum Gasteiger partial charge on any atom is 0.345 e. The van der Waals surface area contributed by atoms with Gasteiger partial charge in [0.05, 0.1) is 0 Å². The number of aromatic amines is 2. The van der Waals surface area contributed by atoms with Gasteiger partial charge in [0, 0.05) is 37.2 Å². The molecule has 0 bridgehead atoms. The van der Waals surface area contributed by atoms with Crippen molar-refractivity contribution in [3.63, 3.8) is 0 Å². The van der Waals surface area contributed by atoms with E-state index >= 15 is 0 Å². The molecule has 0 spiro atoms. The molecule has 0 aromatic carbocycles. The van der Waals surface area contributed by atoms with Crippen LogP contribution in [0.25, 0.3) is 0 Å². The predicted molar refractivity (Wildman–Crippen MR) is 87.2 cm³/mol. The second kappa shape index (κ2) is 6.65. The first-order valence-corrected chi connectivity index (χ1v) is 7.70. The molecule has 9 nitrogen and oxygen atoms in total. The summed E-state index contributed by atoms with van der Waals surface area (Å²) in [5.41, 5.74) is -0.142. The third kappa shape index (κ3) is 3.50. The molecule has 0 radical (unpaired) electrons. The molecule has 1 aliphatic rings. The minimum Gasteiger partial charge on any atom is -0.350 e. The first kappa shape index (κ1) is 15.9. The molecular weight excluding hydrogens is 312 g/mol. The molecule has 1 fully saturated rings. The summed E-state index contributed by atoms with van der Waals surface area (Å²) in [6.45, 7) is 2.87. The average Bonchev–Trinajstić information content (AvgIpc) is 2.54. The minimum absolute atomic E-state index is 0.0871. The molecule has 0 unspecified atom stereocenters. The van der Waals surface area contributed by atoms with Gasteiger partial charge in [0.25, 0.3) is 11.5 Å². The SMILES string of the molecule is Cc1cc(C(=O)N[C@H]2CCCN(c3ncc[nH]c3=O)C2)nc(=O)[nH]1. The molecule has 2 aromatic rings. The van der Waals surface area contributed by atoms with Crippen LogP contribution in [0, 0.1) is 6.92 Å². The zero-order valence-corrected chi connectivity index (χ0v) is 13.2. The summed E-state index contributed by atoms with van der Waals surface area (Å²) in [5, 5.41) is 2.87. The standard InChI is InChI=1S/C15H18N6O3/c1-9-7-11(20-15(24)18-9)13(22)19-10-3-2-6-21(8-10)12-14(23)17-5-4-16-12/h4-5,7,10H,2-3,6,8H2,1H3,(H,17,23)(H,19,22)(H,18,20,24)/t10-/m0/s1. The summed E-state index contributed by atoms with van der Waals surface area (Å²) >= 11 is 0. The lowest BCUT2D eigenvalue weighted by Gasteiger charge is -2.33. The molecule has 24 heavy (non-hydrogen) atoms. The van der Waals surface area contributed by atoms with E-state index in [2.05, 4.69) is 25.3 Å². The van der Waals surface area contributed by atoms with Crippen molar-refractivity contribution in [1.29, 1.82) is 0 Å². The van der Waals surface area contributed by atoms with Gasteiger partial charge in [-0.15, -0.1) is 0 Å². The summed E-state index contributed by atoms with van der Waals surface area (Å²) in [6.07, 6.45) is 4.62. The van der Waals surface area contributed by atoms with Crippen molar-refractivity contribution in [2.45, 2.75) is 25.8 Å². The van der Waals surface area contributed by atoms with Crippen LogP contribution >= 0.6 is 0 Å². The van der Waals surface area contributed by atoms with Crippen molar-refractivity contribution < 1.29 is 4.79 Å². The molecule has 3 heterocycles. The largest absolute Gasteiger partial charge is 0.350 e. The van der Waals surface area contributed by atoms with Crippen LogP contribution in [0.4, 0.5) is 5.82 Å². The lowest BCUT2D eigenvalue weighted by molar-refractivity contribution is 0.0927. The van der Waals surface area contributed by atoms with Gasteiger partial charge in [0.1, 0.15) is 5.69 Å². The number of aromatic nitrogens is 4. The smallest absolute Gasteiger partial charge is 0.345 e. The molecule has 1 atom stereocenters. The third-order valence-corrected chi connectivity index (χ3v) is 3.86. The van der Waals surface area contributed by atoms with Gasteiger partial charge in [0.2, 0.25) is 0 Å². The lowest BCUT2D eigenvalue weighted by Crippen LogP contribution is -2.49. The molecule has 1 saturated heterocycles. The van der Waals surface area contributed by atoms with Crippen LogP contribution in [0.15, 0.2) is 28.0 Å². The number of hydrogen-bond donors (Lipinski definition) is 3. The average molecular weight is 330 g/mol. The normalized spacial score (nSPS) is 17.5. The van der Waals surface area contributed by atoms with Crippen LogP contribution in [0.1, 0.15) is 29.0 Å². The number of hydrogen-bond acceptors (Lipinski definition) is 6. The minimum atomic E-state index is -0.551. The predicted octanol–water partition coefficient (Wildman–Crippen LogP) is -0.440. The van der Waals surface area contributed by atoms with E-state index in [1.807, 2.05) is 4.90 Å². The number of nitrogens with zero attached hydrogens (tertiary/aromatic N) is 3. The van der Waals surface area contributed by atoms with E-state index in [1.54, 1.807) is 6.92 Å². The van der Waals surface area contributed by atoms with Gasteiger partial charge in [-0.2, -0.15) is 4.98 Å². The van der Waals surface area contributed by atoms with Gasteiger partial charge in [-0.3, -0.25) is 9.59 Å². The van der Waals surface area contributed by atoms with Crippen LogP contribution in [-0.4, -0.2) is 45.0 Å². The first-order chi connectivity index (χ1) is 11.5. The zero-order chi connectivity index (χ0) is 17.1. The lowest BCUT2D eigenvalue weighted by atomic mass is 10.1. The highest BCUT2D eigenvalue weighted by Crippen LogP contribution is 2.14. The zero-order valence-electron chi connectivity index (χ0n) is 13.2. The van der Waals surface area contributed by atoms with Crippen molar-refractivity contribution in [2.75, 3.05) is 18.0 Å². The molecule has 2 aromatic heterocycles. The fourth-order valence-corrected chi connectivity index (χ4v) is 2.81. The number of anilines is 1. The molecule has 3 N–H and O–H groups in total. The van der Waals surface area contributed by atoms with Gasteiger partial charge >= 0.3 is 5.69 Å². The Morgan fingerprint density at radius 3 is 3.00 bits per heavy atom. The van der Waals surface area contributed by atoms with Gasteiger partial charge in [0.15, 0.2) is 5.82 Å². The third-order valence-electron chi connectivity index (χ3n) is 3.86. The Bertz CT molecular complexity index is 859. The number of carbonyl (C=O) groups excluding carboxylic acids is 1. The first-order valence-electron chi connectivity index (χ1n) is 7.70. The molecule has 3 rings (SSSR count). The van der Waals surface area contributed by atoms with Gasteiger partial charge in [-0.25, -0.2) is 9.78 Å². The van der Waals surface area contributed by atoms with Crippen molar-refractivity contribution in [1.82, 2.24) is 25.3 Å². The maximum absolute atomic E-state index is 12.3. The number of nitrogens with one attached hydrogen (secondary N) is 3. The number of aryl methyl sites for hydroxylation is 1. The van der Waals surface area contributed by atoms with E-state index in [9.17, 15) is 14.4 Å². The van der Waals surface area contributed by atoms with Crippen molar-refractivity contribution >= 4 is 11.7 Å². The Labute approximate surface area is 137 Å². The van der Waals surface area contributed by atoms with Crippen molar-refractivity contribution in [3.8, 4) is 0 Å². The highest BCUT2D eigenvalue weighted by Gasteiger charge is 2.24. The fraction of sp³-hybridized carbons (Fsp3) is 0.400. The summed E-state index contributed by atoms with van der Waals surface area (Å²) in [7, 11) is 0. The summed E-state index contributed by atoms with van der Waals surface area (Å²) in [4.78, 5) is 50.3. The van der Waals surface area contributed by atoms with E-state index < -0.39 is 11.6 Å². The molecule has 126 valence electrons. The maximum atomic E-state index is 12.3. The van der Waals surface area contributed by atoms with Crippen molar-refractivity contribution in [2.24, 2.45) is 0 Å². The second-order valence-corrected chi connectivity index (χ2v) is 5.76. The second-order valence-electron chi connectivity index (χ2n) is 5.76. The number of H-pyrrole nitrogens is 2. The van der Waals surface area contributed by atoms with E-state index in [0.717, 1.165) is 12.8 Å². The summed E-state index contributed by atoms with van der Waals surface area (Å²) in [5.74, 6) is -0.0486. The van der Waals surface area contributed by atoms with Crippen LogP contribution in [-0.2, 0) is 0 Å². The van der Waals surface area contributed by atoms with Crippen LogP contribution < -0.4 is 21.5 Å². The molecule has 1 aliphatic heterocycles. The Hall–Kier alpha value is -2.97. The molecule has 9 heteroatoms. The molecule has 0 aliphatic carbocycles. The van der Waals surface area contributed by atoms with Gasteiger partial charge in [-0.1, -0.05) is 0 Å². The van der Waals surface area contributed by atoms with Gasteiger partial charge in [-0.05, 0) is 25.8 Å². The Morgan fingerprint density at radius 2 is 2.25 bits per heavy atom. The topological polar surface area (TPSA) is 124 Å². The van der Waals surface area contributed by atoms with E-state index in [-0.39, 0.29) is 17.3 Å². The number of piperidine rings is 1. The Balaban J connectivity index is 1.71. The highest BCUT2D eigenvalue weighted by molar-refractivity contribution is 5.92. The molecular formula is C15H18N6O3. The van der Waals surface area contributed by atoms with Gasteiger partial charge < -0.3 is 20.2 Å². The quantitative estimate of drug-likeness (QED) is 0.701. The van der Waals surface area contributed by atoms with E-state index in [0.29, 0.717) is 24.6 Å². The summed E-state index contributed by atoms with van der Waals surface area (Å²) in [6, 6.07) is 1.38. The summed E-state index contributed by atoms with van der Waals surface area (Å²) < 4.78 is 0. The van der Waals surface area contributed by atoms with Crippen LogP contribution in [0.2, 0.25) is 0 Å². The fourth-order valence-electron chi connectivity index (χ4n) is 2.81. The van der Waals surface area contributed by atoms with Crippen LogP contribution in [0.5, 0.6) is 0 Å². The van der Waals surface area contributed by atoms with E-state index in [4.69, 9.17) is 0 Å². The number of carbonyl (C=O) groups is 1. The monoisotopic (exact) mass is 330 g/mol. The Kier molecular flexibility index (Phi) is 4.41. The molecule has 0 saturated carbocycles. The van der Waals surface area contributed by atoms with E-state index in [1.165, 1.54) is 18.5 Å². The number of rotatable bonds is 3. The Morgan fingerprint density at radius 1 is 1.42 bits per heavy atom. The molecule has 1 amide bonds. The van der Waals surface area contributed by atoms with Crippen molar-refractivity contribution in [3.05, 3.63) is 50.7 Å². The number of amides is 1.